The van der Waals surface area contributed by atoms with Crippen molar-refractivity contribution in [2.24, 2.45) is 0 Å². The predicted octanol–water partition coefficient (Wildman–Crippen LogP) is 0.514. The van der Waals surface area contributed by atoms with Gasteiger partial charge in [-0.2, -0.15) is 4.80 Å². The third-order valence-electron chi connectivity index (χ3n) is 3.48. The molecule has 24 heavy (non-hydrogen) atoms. The lowest BCUT2D eigenvalue weighted by Gasteiger charge is -2.13. The molecule has 11 heteroatoms. The molecule has 0 unspecified atom stereocenters. The summed E-state index contributed by atoms with van der Waals surface area (Å²) in [6.45, 7) is -0.197. The minimum absolute atomic E-state index is 0.141. The standard InChI is InChI=1S/C13H13Cl2N5O3S/c14-9-4-2-1-3-8(9)13-17-19-20(18-13)5-12(21)16-11-7-24(22,23)6-10(11)15/h1-4,10-11H,5-7H2,(H,16,21)/t10-,11+/m0/s1. The van der Waals surface area contributed by atoms with E-state index in [0.29, 0.717) is 16.4 Å². The first-order valence-electron chi connectivity index (χ1n) is 7.00. The van der Waals surface area contributed by atoms with Crippen LogP contribution < -0.4 is 5.32 Å². The average molecular weight is 390 g/mol. The van der Waals surface area contributed by atoms with E-state index in [2.05, 4.69) is 20.7 Å². The quantitative estimate of drug-likeness (QED) is 0.763. The lowest BCUT2D eigenvalue weighted by atomic mass is 10.2. The van der Waals surface area contributed by atoms with Crippen LogP contribution in [0.25, 0.3) is 11.4 Å². The van der Waals surface area contributed by atoms with E-state index in [0.717, 1.165) is 4.80 Å². The third-order valence-corrected chi connectivity index (χ3v) is 6.19. The Morgan fingerprint density at radius 2 is 2.08 bits per heavy atom. The zero-order valence-corrected chi connectivity index (χ0v) is 14.6. The highest BCUT2D eigenvalue weighted by Crippen LogP contribution is 2.23. The van der Waals surface area contributed by atoms with Crippen molar-refractivity contribution in [3.05, 3.63) is 29.3 Å². The van der Waals surface area contributed by atoms with Gasteiger partial charge in [-0.15, -0.1) is 21.8 Å². The van der Waals surface area contributed by atoms with Crippen LogP contribution in [0.1, 0.15) is 0 Å². The number of sulfone groups is 1. The molecule has 1 saturated heterocycles. The predicted molar refractivity (Wildman–Crippen MR) is 88.5 cm³/mol. The fraction of sp³-hybridized carbons (Fsp3) is 0.385. The maximum Gasteiger partial charge on any atom is 0.243 e. The van der Waals surface area contributed by atoms with E-state index in [9.17, 15) is 13.2 Å². The smallest absolute Gasteiger partial charge is 0.243 e. The van der Waals surface area contributed by atoms with Crippen LogP contribution in [0.4, 0.5) is 0 Å². The Morgan fingerprint density at radius 1 is 1.33 bits per heavy atom. The van der Waals surface area contributed by atoms with Crippen LogP contribution in [0.2, 0.25) is 5.02 Å². The Kier molecular flexibility index (Phi) is 4.75. The summed E-state index contributed by atoms with van der Waals surface area (Å²) in [6.07, 6.45) is 0. The molecule has 2 aromatic rings. The molecule has 1 N–H and O–H groups in total. The Morgan fingerprint density at radius 3 is 2.75 bits per heavy atom. The zero-order valence-electron chi connectivity index (χ0n) is 12.3. The fourth-order valence-corrected chi connectivity index (χ4v) is 5.15. The minimum Gasteiger partial charge on any atom is -0.349 e. The van der Waals surface area contributed by atoms with Crippen molar-refractivity contribution in [1.29, 1.82) is 0 Å². The number of hydrogen-bond donors (Lipinski definition) is 1. The SMILES string of the molecule is O=C(Cn1nnc(-c2ccccc2Cl)n1)N[C@@H]1CS(=O)(=O)C[C@@H]1Cl. The van der Waals surface area contributed by atoms with Crippen LogP contribution in [-0.4, -0.2) is 57.5 Å². The van der Waals surface area contributed by atoms with Crippen molar-refractivity contribution < 1.29 is 13.2 Å². The summed E-state index contributed by atoms with van der Waals surface area (Å²) < 4.78 is 23.0. The van der Waals surface area contributed by atoms with E-state index < -0.39 is 27.2 Å². The van der Waals surface area contributed by atoms with E-state index >= 15 is 0 Å². The van der Waals surface area contributed by atoms with Crippen LogP contribution in [-0.2, 0) is 21.2 Å². The molecule has 0 spiro atoms. The molecule has 1 aromatic carbocycles. The maximum atomic E-state index is 12.0. The molecular weight excluding hydrogens is 377 g/mol. The summed E-state index contributed by atoms with van der Waals surface area (Å²) in [4.78, 5) is 13.1. The van der Waals surface area contributed by atoms with Crippen molar-refractivity contribution in [2.75, 3.05) is 11.5 Å². The molecule has 0 saturated carbocycles. The molecule has 3 rings (SSSR count). The fourth-order valence-electron chi connectivity index (χ4n) is 2.38. The van der Waals surface area contributed by atoms with Crippen molar-refractivity contribution in [1.82, 2.24) is 25.5 Å². The molecular formula is C13H13Cl2N5O3S. The van der Waals surface area contributed by atoms with Crippen LogP contribution in [0, 0.1) is 0 Å². The number of halogens is 2. The number of tetrazole rings is 1. The lowest BCUT2D eigenvalue weighted by molar-refractivity contribution is -0.122. The second-order valence-electron chi connectivity index (χ2n) is 5.39. The highest BCUT2D eigenvalue weighted by molar-refractivity contribution is 7.91. The Balaban J connectivity index is 1.65. The summed E-state index contributed by atoms with van der Waals surface area (Å²) in [5.74, 6) is -0.446. The molecule has 1 aliphatic heterocycles. The van der Waals surface area contributed by atoms with E-state index in [1.54, 1.807) is 24.3 Å². The van der Waals surface area contributed by atoms with Gasteiger partial charge in [0.1, 0.15) is 6.54 Å². The van der Waals surface area contributed by atoms with Crippen molar-refractivity contribution in [2.45, 2.75) is 18.0 Å². The number of carbonyl (C=O) groups is 1. The van der Waals surface area contributed by atoms with Crippen molar-refractivity contribution in [3.8, 4) is 11.4 Å². The Bertz CT molecular complexity index is 870. The lowest BCUT2D eigenvalue weighted by Crippen LogP contribution is -2.42. The highest BCUT2D eigenvalue weighted by atomic mass is 35.5. The van der Waals surface area contributed by atoms with Gasteiger partial charge in [-0.3, -0.25) is 4.79 Å². The first kappa shape index (κ1) is 17.1. The van der Waals surface area contributed by atoms with Gasteiger partial charge in [-0.25, -0.2) is 8.42 Å². The number of hydrogen-bond acceptors (Lipinski definition) is 6. The summed E-state index contributed by atoms with van der Waals surface area (Å²) >= 11 is 12.0. The first-order chi connectivity index (χ1) is 11.3. The van der Waals surface area contributed by atoms with Gasteiger partial charge in [0.2, 0.25) is 11.7 Å². The van der Waals surface area contributed by atoms with Gasteiger partial charge in [0, 0.05) is 5.56 Å². The Hall–Kier alpha value is -1.71. The topological polar surface area (TPSA) is 107 Å². The molecule has 1 fully saturated rings. The first-order valence-corrected chi connectivity index (χ1v) is 9.64. The highest BCUT2D eigenvalue weighted by Gasteiger charge is 2.37. The van der Waals surface area contributed by atoms with Gasteiger partial charge in [-0.1, -0.05) is 23.7 Å². The van der Waals surface area contributed by atoms with Gasteiger partial charge in [0.15, 0.2) is 9.84 Å². The molecule has 0 bridgehead atoms. The molecule has 0 aliphatic carbocycles. The Labute approximate surface area is 148 Å². The zero-order chi connectivity index (χ0) is 17.3. The second-order valence-corrected chi connectivity index (χ2v) is 8.51. The van der Waals surface area contributed by atoms with Gasteiger partial charge in [-0.05, 0) is 17.3 Å². The van der Waals surface area contributed by atoms with Crippen molar-refractivity contribution >= 4 is 38.9 Å². The summed E-state index contributed by atoms with van der Waals surface area (Å²) in [7, 11) is -3.21. The van der Waals surface area contributed by atoms with Crippen LogP contribution in [0.5, 0.6) is 0 Å². The number of aromatic nitrogens is 4. The number of carbonyl (C=O) groups excluding carboxylic acids is 1. The molecule has 128 valence electrons. The van der Waals surface area contributed by atoms with Gasteiger partial charge >= 0.3 is 0 Å². The molecule has 2 heterocycles. The average Bonchev–Trinajstić information content (AvgIpc) is 3.03. The molecule has 8 nitrogen and oxygen atoms in total. The van der Waals surface area contributed by atoms with E-state index in [-0.39, 0.29) is 18.1 Å². The molecule has 1 aliphatic rings. The summed E-state index contributed by atoms with van der Waals surface area (Å²) in [5.41, 5.74) is 0.605. The molecule has 1 aromatic heterocycles. The third kappa shape index (κ3) is 3.85. The van der Waals surface area contributed by atoms with Gasteiger partial charge in [0.05, 0.1) is 27.9 Å². The second kappa shape index (κ2) is 6.66. The summed E-state index contributed by atoms with van der Waals surface area (Å²) in [6, 6.07) is 6.39. The maximum absolute atomic E-state index is 12.0. The minimum atomic E-state index is -3.21. The number of nitrogens with zero attached hydrogens (tertiary/aromatic N) is 4. The van der Waals surface area contributed by atoms with Crippen LogP contribution in [0.3, 0.4) is 0 Å². The summed E-state index contributed by atoms with van der Waals surface area (Å²) in [5, 5.41) is 14.2. The van der Waals surface area contributed by atoms with E-state index in [1.165, 1.54) is 0 Å². The number of alkyl halides is 1. The van der Waals surface area contributed by atoms with Crippen molar-refractivity contribution in [3.63, 3.8) is 0 Å². The largest absolute Gasteiger partial charge is 0.349 e. The number of nitrogens with one attached hydrogen (secondary N) is 1. The van der Waals surface area contributed by atoms with Gasteiger partial charge in [0.25, 0.3) is 0 Å². The normalized spacial score (nSPS) is 22.4. The van der Waals surface area contributed by atoms with Crippen LogP contribution in [0.15, 0.2) is 24.3 Å². The van der Waals surface area contributed by atoms with Gasteiger partial charge < -0.3 is 5.32 Å². The number of benzene rings is 1. The molecule has 1 amide bonds. The molecule has 2 atom stereocenters. The monoisotopic (exact) mass is 389 g/mol. The van der Waals surface area contributed by atoms with Crippen LogP contribution >= 0.6 is 23.2 Å². The molecule has 0 radical (unpaired) electrons. The number of amides is 1. The van der Waals surface area contributed by atoms with E-state index in [1.807, 2.05) is 0 Å². The number of rotatable bonds is 4. The van der Waals surface area contributed by atoms with E-state index in [4.69, 9.17) is 23.2 Å².